The lowest BCUT2D eigenvalue weighted by atomic mass is 9.99. The second-order valence-corrected chi connectivity index (χ2v) is 7.75. The first-order valence-corrected chi connectivity index (χ1v) is 9.78. The van der Waals surface area contributed by atoms with Crippen LogP contribution in [0.3, 0.4) is 0 Å². The normalized spacial score (nSPS) is 18.4. The summed E-state index contributed by atoms with van der Waals surface area (Å²) in [4.78, 5) is 14.8. The topological polar surface area (TPSA) is 32.3 Å². The van der Waals surface area contributed by atoms with Crippen molar-refractivity contribution in [3.63, 3.8) is 0 Å². The number of piperidine rings is 1. The number of carbonyl (C=O) groups excluding carboxylic acids is 1. The van der Waals surface area contributed by atoms with Crippen LogP contribution in [-0.2, 0) is 11.2 Å². The van der Waals surface area contributed by atoms with Crippen molar-refractivity contribution in [2.45, 2.75) is 39.2 Å². The standard InChI is InChI=1S/C22H27ClN2O/c1-16-6-5-13-25(15-16)20-11-9-18(10-12-20)17(2)24-22(26)14-19-7-3-4-8-21(19)23/h3-4,7-12,16-17H,5-6,13-15H2,1-2H3,(H,24,26)/t16-,17-/m0/s1. The third-order valence-electron chi connectivity index (χ3n) is 5.10. The van der Waals surface area contributed by atoms with Gasteiger partial charge in [-0.3, -0.25) is 4.79 Å². The summed E-state index contributed by atoms with van der Waals surface area (Å²) < 4.78 is 0. The maximum atomic E-state index is 12.3. The number of nitrogens with zero attached hydrogens (tertiary/aromatic N) is 1. The zero-order valence-corrected chi connectivity index (χ0v) is 16.3. The van der Waals surface area contributed by atoms with E-state index in [0.717, 1.165) is 30.1 Å². The van der Waals surface area contributed by atoms with Crippen molar-refractivity contribution in [1.82, 2.24) is 5.32 Å². The summed E-state index contributed by atoms with van der Waals surface area (Å²) in [6, 6.07) is 16.0. The Hall–Kier alpha value is -2.00. The Morgan fingerprint density at radius 2 is 1.96 bits per heavy atom. The third-order valence-corrected chi connectivity index (χ3v) is 5.47. The molecule has 26 heavy (non-hydrogen) atoms. The smallest absolute Gasteiger partial charge is 0.224 e. The van der Waals surface area contributed by atoms with Gasteiger partial charge in [0.25, 0.3) is 0 Å². The minimum atomic E-state index is -0.0284. The van der Waals surface area contributed by atoms with Crippen LogP contribution in [0.25, 0.3) is 0 Å². The number of nitrogens with one attached hydrogen (secondary N) is 1. The number of rotatable bonds is 5. The van der Waals surface area contributed by atoms with Gasteiger partial charge in [-0.2, -0.15) is 0 Å². The molecule has 0 bridgehead atoms. The monoisotopic (exact) mass is 370 g/mol. The molecule has 0 unspecified atom stereocenters. The van der Waals surface area contributed by atoms with Crippen molar-refractivity contribution in [2.24, 2.45) is 5.92 Å². The molecule has 0 aromatic heterocycles. The molecule has 0 aliphatic carbocycles. The van der Waals surface area contributed by atoms with Gasteiger partial charge in [0, 0.05) is 23.8 Å². The molecule has 2 aromatic rings. The summed E-state index contributed by atoms with van der Waals surface area (Å²) >= 11 is 6.14. The summed E-state index contributed by atoms with van der Waals surface area (Å²) in [6.07, 6.45) is 2.88. The van der Waals surface area contributed by atoms with E-state index in [0.29, 0.717) is 11.4 Å². The van der Waals surface area contributed by atoms with Crippen LogP contribution >= 0.6 is 11.6 Å². The van der Waals surface area contributed by atoms with Crippen LogP contribution in [0.2, 0.25) is 5.02 Å². The van der Waals surface area contributed by atoms with Crippen molar-refractivity contribution < 1.29 is 4.79 Å². The number of anilines is 1. The first-order valence-electron chi connectivity index (χ1n) is 9.40. The highest BCUT2D eigenvalue weighted by Crippen LogP contribution is 2.24. The molecule has 1 fully saturated rings. The minimum absolute atomic E-state index is 0.0143. The van der Waals surface area contributed by atoms with Crippen LogP contribution in [0.5, 0.6) is 0 Å². The van der Waals surface area contributed by atoms with Gasteiger partial charge < -0.3 is 10.2 Å². The molecule has 1 heterocycles. The van der Waals surface area contributed by atoms with Gasteiger partial charge >= 0.3 is 0 Å². The summed E-state index contributed by atoms with van der Waals surface area (Å²) in [5.74, 6) is 0.742. The van der Waals surface area contributed by atoms with E-state index in [4.69, 9.17) is 11.6 Å². The lowest BCUT2D eigenvalue weighted by molar-refractivity contribution is -0.121. The molecule has 3 rings (SSSR count). The molecule has 1 aliphatic rings. The van der Waals surface area contributed by atoms with Gasteiger partial charge in [-0.1, -0.05) is 48.9 Å². The predicted octanol–water partition coefficient (Wildman–Crippen LogP) is 5.00. The number of halogens is 1. The molecule has 3 nitrogen and oxygen atoms in total. The molecule has 1 aliphatic heterocycles. The Morgan fingerprint density at radius 1 is 1.23 bits per heavy atom. The first-order chi connectivity index (χ1) is 12.5. The Bertz CT molecular complexity index is 744. The molecule has 0 radical (unpaired) electrons. The van der Waals surface area contributed by atoms with Crippen molar-refractivity contribution in [3.8, 4) is 0 Å². The zero-order chi connectivity index (χ0) is 18.5. The quantitative estimate of drug-likeness (QED) is 0.803. The highest BCUT2D eigenvalue weighted by Gasteiger charge is 2.17. The Labute approximate surface area is 161 Å². The summed E-state index contributed by atoms with van der Waals surface area (Å²) in [5, 5.41) is 3.70. The number of carbonyl (C=O) groups is 1. The number of hydrogen-bond acceptors (Lipinski definition) is 2. The summed E-state index contributed by atoms with van der Waals surface area (Å²) in [5.41, 5.74) is 3.25. The fraction of sp³-hybridized carbons (Fsp3) is 0.409. The van der Waals surface area contributed by atoms with E-state index < -0.39 is 0 Å². The molecule has 1 saturated heterocycles. The molecule has 0 spiro atoms. The van der Waals surface area contributed by atoms with Gasteiger partial charge in [0.05, 0.1) is 12.5 Å². The van der Waals surface area contributed by atoms with Crippen LogP contribution in [0.15, 0.2) is 48.5 Å². The maximum Gasteiger partial charge on any atom is 0.224 e. The zero-order valence-electron chi connectivity index (χ0n) is 15.5. The van der Waals surface area contributed by atoms with Crippen molar-refractivity contribution in [3.05, 3.63) is 64.7 Å². The van der Waals surface area contributed by atoms with Crippen molar-refractivity contribution >= 4 is 23.2 Å². The minimum Gasteiger partial charge on any atom is -0.371 e. The lowest BCUT2D eigenvalue weighted by Crippen LogP contribution is -2.34. The summed E-state index contributed by atoms with van der Waals surface area (Å²) in [6.45, 7) is 6.59. The fourth-order valence-electron chi connectivity index (χ4n) is 3.59. The Kier molecular flexibility index (Phi) is 6.20. The molecule has 1 N–H and O–H groups in total. The fourth-order valence-corrected chi connectivity index (χ4v) is 3.79. The van der Waals surface area contributed by atoms with Crippen molar-refractivity contribution in [2.75, 3.05) is 18.0 Å². The van der Waals surface area contributed by atoms with Gasteiger partial charge in [-0.15, -0.1) is 0 Å². The average molecular weight is 371 g/mol. The number of amides is 1. The molecule has 4 heteroatoms. The predicted molar refractivity (Wildman–Crippen MR) is 109 cm³/mol. The van der Waals surface area contributed by atoms with Gasteiger partial charge in [-0.25, -0.2) is 0 Å². The average Bonchev–Trinajstić information content (AvgIpc) is 2.64. The molecule has 2 aromatic carbocycles. The van der Waals surface area contributed by atoms with Gasteiger partial charge in [0.1, 0.15) is 0 Å². The second kappa shape index (κ2) is 8.59. The van der Waals surface area contributed by atoms with E-state index in [-0.39, 0.29) is 11.9 Å². The van der Waals surface area contributed by atoms with E-state index in [1.165, 1.54) is 18.5 Å². The van der Waals surface area contributed by atoms with Crippen LogP contribution in [-0.4, -0.2) is 19.0 Å². The largest absolute Gasteiger partial charge is 0.371 e. The molecule has 2 atom stereocenters. The van der Waals surface area contributed by atoms with E-state index in [1.807, 2.05) is 31.2 Å². The van der Waals surface area contributed by atoms with Crippen LogP contribution in [0.4, 0.5) is 5.69 Å². The Balaban J connectivity index is 1.58. The van der Waals surface area contributed by atoms with Gasteiger partial charge in [0.15, 0.2) is 0 Å². The molecular formula is C22H27ClN2O. The third kappa shape index (κ3) is 4.79. The van der Waals surface area contributed by atoms with E-state index in [1.54, 1.807) is 0 Å². The molecule has 1 amide bonds. The van der Waals surface area contributed by atoms with E-state index >= 15 is 0 Å². The first kappa shape index (κ1) is 18.8. The van der Waals surface area contributed by atoms with Crippen LogP contribution in [0.1, 0.15) is 43.9 Å². The number of hydrogen-bond donors (Lipinski definition) is 1. The van der Waals surface area contributed by atoms with Crippen molar-refractivity contribution in [1.29, 1.82) is 0 Å². The van der Waals surface area contributed by atoms with Crippen LogP contribution < -0.4 is 10.2 Å². The second-order valence-electron chi connectivity index (χ2n) is 7.34. The lowest BCUT2D eigenvalue weighted by Gasteiger charge is -2.33. The van der Waals surface area contributed by atoms with Gasteiger partial charge in [-0.05, 0) is 55.0 Å². The SMILES string of the molecule is C[C@H]1CCCN(c2ccc([C@H](C)NC(=O)Cc3ccccc3Cl)cc2)C1. The highest BCUT2D eigenvalue weighted by atomic mass is 35.5. The molecule has 138 valence electrons. The number of benzene rings is 2. The molecule has 0 saturated carbocycles. The molecular weight excluding hydrogens is 344 g/mol. The summed E-state index contributed by atoms with van der Waals surface area (Å²) in [7, 11) is 0. The van der Waals surface area contributed by atoms with Gasteiger partial charge in [0.2, 0.25) is 5.91 Å². The Morgan fingerprint density at radius 3 is 2.65 bits per heavy atom. The van der Waals surface area contributed by atoms with Crippen LogP contribution in [0, 0.1) is 5.92 Å². The highest BCUT2D eigenvalue weighted by molar-refractivity contribution is 6.31. The van der Waals surface area contributed by atoms with E-state index in [2.05, 4.69) is 41.4 Å². The maximum absolute atomic E-state index is 12.3. The van der Waals surface area contributed by atoms with E-state index in [9.17, 15) is 4.79 Å².